The predicted octanol–water partition coefficient (Wildman–Crippen LogP) is 4.30. The van der Waals surface area contributed by atoms with Crippen LogP contribution in [-0.2, 0) is 24.0 Å². The van der Waals surface area contributed by atoms with Crippen molar-refractivity contribution in [2.75, 3.05) is 38.8 Å². The highest BCUT2D eigenvalue weighted by atomic mass is 16.5. The molecule has 2 N–H and O–H groups in total. The molecule has 0 aliphatic carbocycles. The largest absolute Gasteiger partial charge is 0.608 e. The summed E-state index contributed by atoms with van der Waals surface area (Å²) in [6.45, 7) is 7.42. The van der Waals surface area contributed by atoms with Gasteiger partial charge >= 0.3 is 0 Å². The number of H-pyrrole nitrogens is 1. The fraction of sp³-hybridized carbons (Fsp3) is 0.371. The molecule has 1 saturated heterocycles. The van der Waals surface area contributed by atoms with Gasteiger partial charge in [0.1, 0.15) is 17.3 Å². The second kappa shape index (κ2) is 11.2. The van der Waals surface area contributed by atoms with Crippen LogP contribution in [0.1, 0.15) is 59.4 Å². The number of amides is 1. The summed E-state index contributed by atoms with van der Waals surface area (Å²) in [6, 6.07) is 19.6. The maximum Gasteiger partial charge on any atom is 0.255 e. The van der Waals surface area contributed by atoms with Gasteiger partial charge in [0.25, 0.3) is 5.91 Å². The molecule has 1 amide bonds. The molecular formula is C35H40N6O4. The average Bonchev–Trinajstić information content (AvgIpc) is 3.63. The number of aromatic nitrogens is 2. The Morgan fingerprint density at radius 1 is 1.00 bits per heavy atom. The summed E-state index contributed by atoms with van der Waals surface area (Å²) in [5.74, 6) is 2.22. The van der Waals surface area contributed by atoms with Crippen LogP contribution in [0.2, 0.25) is 0 Å². The molecule has 234 valence electrons. The monoisotopic (exact) mass is 608 g/mol. The SMILES string of the molecule is COc1cc(CN2C(=O)c3ccccc3C23CCN(c2cc([NH+]([O-])N4Cc5cc[nH]c5C(C)(C)C4)ccn2)CC3)cc(OC)c1. The first kappa shape index (κ1) is 29.3. The van der Waals surface area contributed by atoms with Gasteiger partial charge in [0, 0.05) is 66.9 Å². The Morgan fingerprint density at radius 2 is 1.73 bits per heavy atom. The van der Waals surface area contributed by atoms with Crippen molar-refractivity contribution >= 4 is 17.4 Å². The number of quaternary nitrogens is 1. The maximum absolute atomic E-state index is 13.9. The first-order chi connectivity index (χ1) is 21.7. The van der Waals surface area contributed by atoms with E-state index in [2.05, 4.69) is 40.8 Å². The molecule has 2 aromatic carbocycles. The molecule has 0 radical (unpaired) electrons. The Bertz CT molecular complexity index is 1700. The number of pyridine rings is 1. The van der Waals surface area contributed by atoms with Gasteiger partial charge in [-0.05, 0) is 53.8 Å². The number of carbonyl (C=O) groups is 1. The van der Waals surface area contributed by atoms with Crippen molar-refractivity contribution in [3.05, 3.63) is 106 Å². The molecule has 5 heterocycles. The topological polar surface area (TPSA) is 101 Å². The van der Waals surface area contributed by atoms with Crippen LogP contribution in [0, 0.1) is 5.21 Å². The summed E-state index contributed by atoms with van der Waals surface area (Å²) in [6.07, 6.45) is 5.18. The van der Waals surface area contributed by atoms with E-state index in [1.807, 2.05) is 64.6 Å². The Hall–Kier alpha value is -4.38. The normalized spacial score (nSPS) is 19.4. The minimum Gasteiger partial charge on any atom is -0.608 e. The fourth-order valence-electron chi connectivity index (χ4n) is 7.60. The Morgan fingerprint density at radius 3 is 2.47 bits per heavy atom. The van der Waals surface area contributed by atoms with Crippen LogP contribution in [0.4, 0.5) is 11.5 Å². The quantitative estimate of drug-likeness (QED) is 0.302. The highest BCUT2D eigenvalue weighted by molar-refractivity contribution is 6.00. The average molecular weight is 609 g/mol. The summed E-state index contributed by atoms with van der Waals surface area (Å²) >= 11 is 0. The van der Waals surface area contributed by atoms with E-state index in [9.17, 15) is 10.0 Å². The number of fused-ring (bicyclic) bond motifs is 3. The highest BCUT2D eigenvalue weighted by Gasteiger charge is 2.51. The van der Waals surface area contributed by atoms with E-state index in [1.54, 1.807) is 20.4 Å². The lowest BCUT2D eigenvalue weighted by atomic mass is 9.80. The number of hydrogen-bond acceptors (Lipinski definition) is 7. The molecule has 0 saturated carbocycles. The smallest absolute Gasteiger partial charge is 0.255 e. The van der Waals surface area contributed by atoms with Crippen molar-refractivity contribution in [3.8, 4) is 11.5 Å². The molecule has 10 heteroatoms. The maximum atomic E-state index is 13.9. The third-order valence-electron chi connectivity index (χ3n) is 9.82. The van der Waals surface area contributed by atoms with Gasteiger partial charge in [0.15, 0.2) is 5.69 Å². The van der Waals surface area contributed by atoms with Crippen LogP contribution < -0.4 is 19.5 Å². The van der Waals surface area contributed by atoms with Crippen LogP contribution >= 0.6 is 0 Å². The fourth-order valence-corrected chi connectivity index (χ4v) is 7.60. The van der Waals surface area contributed by atoms with E-state index in [0.29, 0.717) is 49.9 Å². The van der Waals surface area contributed by atoms with Gasteiger partial charge in [0.05, 0.1) is 32.8 Å². The van der Waals surface area contributed by atoms with E-state index >= 15 is 0 Å². The lowest BCUT2D eigenvalue weighted by Crippen LogP contribution is -3.10. The third kappa shape index (κ3) is 5.03. The number of ether oxygens (including phenoxy) is 2. The summed E-state index contributed by atoms with van der Waals surface area (Å²) < 4.78 is 11.0. The van der Waals surface area contributed by atoms with Crippen molar-refractivity contribution < 1.29 is 19.4 Å². The van der Waals surface area contributed by atoms with Gasteiger partial charge in [0.2, 0.25) is 0 Å². The first-order valence-electron chi connectivity index (χ1n) is 15.5. The second-order valence-electron chi connectivity index (χ2n) is 13.0. The van der Waals surface area contributed by atoms with Gasteiger partial charge in [-0.25, -0.2) is 4.98 Å². The zero-order chi connectivity index (χ0) is 31.3. The number of methoxy groups -OCH3 is 2. The zero-order valence-electron chi connectivity index (χ0n) is 26.3. The predicted molar refractivity (Wildman–Crippen MR) is 171 cm³/mol. The van der Waals surface area contributed by atoms with Crippen molar-refractivity contribution in [2.24, 2.45) is 0 Å². The molecule has 1 spiro atoms. The number of nitrogens with zero attached hydrogens (tertiary/aromatic N) is 4. The van der Waals surface area contributed by atoms with Crippen molar-refractivity contribution in [3.63, 3.8) is 0 Å². The number of piperidine rings is 1. The molecular weight excluding hydrogens is 568 g/mol. The summed E-state index contributed by atoms with van der Waals surface area (Å²) in [5, 5.41) is 15.7. The van der Waals surface area contributed by atoms with Crippen LogP contribution in [0.3, 0.4) is 0 Å². The number of anilines is 1. The minimum atomic E-state index is -0.443. The molecule has 7 rings (SSSR count). The Kier molecular flexibility index (Phi) is 7.31. The molecule has 3 aliphatic heterocycles. The number of carbonyl (C=O) groups excluding carboxylic acids is 1. The Labute approximate surface area is 263 Å². The van der Waals surface area contributed by atoms with E-state index in [4.69, 9.17) is 9.47 Å². The second-order valence-corrected chi connectivity index (χ2v) is 13.0. The van der Waals surface area contributed by atoms with Crippen LogP contribution in [0.5, 0.6) is 11.5 Å². The van der Waals surface area contributed by atoms with Gasteiger partial charge < -0.3 is 29.5 Å². The molecule has 1 unspecified atom stereocenters. The van der Waals surface area contributed by atoms with Crippen molar-refractivity contribution in [1.82, 2.24) is 19.9 Å². The van der Waals surface area contributed by atoms with Gasteiger partial charge in [-0.15, -0.1) is 5.01 Å². The number of rotatable bonds is 7. The standard InChI is InChI=1S/C35H40N6O4/c1-34(2)23-39(22-25-9-13-37-32(25)34)41(43)26-10-14-36-31(19-26)38-15-11-35(12-16-38)30-8-6-5-7-29(30)33(42)40(35)21-24-17-27(44-3)20-28(18-24)45-4/h5-10,13-14,17-20,37,41H,11-12,15-16,21-23H2,1-4H3. The first-order valence-corrected chi connectivity index (χ1v) is 15.5. The number of aromatic amines is 1. The third-order valence-corrected chi connectivity index (χ3v) is 9.82. The zero-order valence-corrected chi connectivity index (χ0v) is 26.3. The van der Waals surface area contributed by atoms with Crippen LogP contribution in [0.15, 0.2) is 73.1 Å². The molecule has 4 aromatic rings. The lowest BCUT2D eigenvalue weighted by molar-refractivity contribution is -0.916. The highest BCUT2D eigenvalue weighted by Crippen LogP contribution is 2.47. The summed E-state index contributed by atoms with van der Waals surface area (Å²) in [4.78, 5) is 26.2. The van der Waals surface area contributed by atoms with E-state index < -0.39 is 5.54 Å². The molecule has 0 bridgehead atoms. The number of hydrogen-bond donors (Lipinski definition) is 2. The molecule has 2 aromatic heterocycles. The van der Waals surface area contributed by atoms with Crippen molar-refractivity contribution in [2.45, 2.75) is 50.7 Å². The van der Waals surface area contributed by atoms with E-state index in [0.717, 1.165) is 35.3 Å². The molecule has 1 fully saturated rings. The van der Waals surface area contributed by atoms with Crippen molar-refractivity contribution in [1.29, 1.82) is 0 Å². The van der Waals surface area contributed by atoms with E-state index in [-0.39, 0.29) is 16.5 Å². The lowest BCUT2D eigenvalue weighted by Gasteiger charge is -2.46. The molecule has 1 atom stereocenters. The van der Waals surface area contributed by atoms with Crippen LogP contribution in [-0.4, -0.2) is 59.6 Å². The van der Waals surface area contributed by atoms with Gasteiger partial charge in [-0.3, -0.25) is 9.97 Å². The Balaban J connectivity index is 1.13. The van der Waals surface area contributed by atoms with Gasteiger partial charge in [-0.1, -0.05) is 32.0 Å². The summed E-state index contributed by atoms with van der Waals surface area (Å²) in [7, 11) is 3.27. The minimum absolute atomic E-state index is 0.0160. The molecule has 45 heavy (non-hydrogen) atoms. The van der Waals surface area contributed by atoms with Gasteiger partial charge in [-0.2, -0.15) is 0 Å². The molecule has 3 aliphatic rings. The number of nitrogens with one attached hydrogen (secondary N) is 2. The number of benzene rings is 2. The van der Waals surface area contributed by atoms with E-state index in [1.165, 1.54) is 11.3 Å². The van der Waals surface area contributed by atoms with Crippen LogP contribution in [0.25, 0.3) is 0 Å². The summed E-state index contributed by atoms with van der Waals surface area (Å²) in [5.41, 5.74) is 5.22. The molecule has 10 nitrogen and oxygen atoms in total.